The lowest BCUT2D eigenvalue weighted by Crippen LogP contribution is -2.35. The Balaban J connectivity index is 1.25. The number of aromatic nitrogens is 4. The number of nitrogens with zero attached hydrogens (tertiary/aromatic N) is 5. The molecule has 8 nitrogen and oxygen atoms in total. The van der Waals surface area contributed by atoms with Crippen LogP contribution < -0.4 is 5.32 Å². The van der Waals surface area contributed by atoms with Crippen molar-refractivity contribution in [3.8, 4) is 0 Å². The quantitative estimate of drug-likeness (QED) is 0.736. The largest absolute Gasteiger partial charge is 0.349 e. The van der Waals surface area contributed by atoms with E-state index in [0.29, 0.717) is 57.8 Å². The van der Waals surface area contributed by atoms with Gasteiger partial charge in [-0.05, 0) is 36.8 Å². The van der Waals surface area contributed by atoms with Crippen LogP contribution in [0, 0.1) is 5.92 Å². The van der Waals surface area contributed by atoms with Crippen LogP contribution in [0.3, 0.4) is 0 Å². The van der Waals surface area contributed by atoms with Crippen molar-refractivity contribution in [2.24, 2.45) is 5.92 Å². The van der Waals surface area contributed by atoms with E-state index in [1.807, 2.05) is 17.0 Å². The van der Waals surface area contributed by atoms with Crippen LogP contribution in [0.5, 0.6) is 0 Å². The maximum atomic E-state index is 12.8. The third-order valence-corrected chi connectivity index (χ3v) is 6.45. The molecule has 1 fully saturated rings. The molecule has 166 valence electrons. The number of hydrogen-bond acceptors (Lipinski definition) is 5. The molecular formula is C23H32N6O2. The van der Waals surface area contributed by atoms with E-state index in [-0.39, 0.29) is 11.8 Å². The fraction of sp³-hybridized carbons (Fsp3) is 0.609. The van der Waals surface area contributed by atoms with Gasteiger partial charge in [-0.15, -0.1) is 10.2 Å². The first-order chi connectivity index (χ1) is 15.2. The first kappa shape index (κ1) is 21.5. The molecule has 0 unspecified atom stereocenters. The van der Waals surface area contributed by atoms with E-state index < -0.39 is 0 Å². The Hall–Kier alpha value is -2.77. The van der Waals surface area contributed by atoms with Crippen LogP contribution in [0.15, 0.2) is 24.5 Å². The van der Waals surface area contributed by atoms with Crippen molar-refractivity contribution in [1.82, 2.24) is 30.0 Å². The van der Waals surface area contributed by atoms with Crippen molar-refractivity contribution in [2.45, 2.75) is 70.9 Å². The van der Waals surface area contributed by atoms with Crippen LogP contribution >= 0.6 is 0 Å². The molecule has 1 saturated carbocycles. The van der Waals surface area contributed by atoms with Gasteiger partial charge in [-0.25, -0.2) is 0 Å². The summed E-state index contributed by atoms with van der Waals surface area (Å²) >= 11 is 0. The molecular weight excluding hydrogens is 392 g/mol. The third-order valence-electron chi connectivity index (χ3n) is 6.45. The minimum absolute atomic E-state index is 0.0147. The van der Waals surface area contributed by atoms with Gasteiger partial charge in [0.2, 0.25) is 11.8 Å². The highest BCUT2D eigenvalue weighted by Crippen LogP contribution is 2.27. The molecule has 2 aromatic heterocycles. The molecule has 31 heavy (non-hydrogen) atoms. The lowest BCUT2D eigenvalue weighted by molar-refractivity contribution is -0.132. The Morgan fingerprint density at radius 1 is 1.10 bits per heavy atom. The van der Waals surface area contributed by atoms with Crippen molar-refractivity contribution in [3.05, 3.63) is 41.7 Å². The van der Waals surface area contributed by atoms with Crippen molar-refractivity contribution >= 4 is 11.8 Å². The molecule has 8 heteroatoms. The average Bonchev–Trinajstić information content (AvgIpc) is 3.06. The minimum Gasteiger partial charge on any atom is -0.349 e. The van der Waals surface area contributed by atoms with Gasteiger partial charge in [0.1, 0.15) is 5.82 Å². The molecule has 0 atom stereocenters. The van der Waals surface area contributed by atoms with Gasteiger partial charge in [-0.2, -0.15) is 0 Å². The molecule has 4 rings (SSSR count). The molecule has 2 aliphatic rings. The monoisotopic (exact) mass is 424 g/mol. The summed E-state index contributed by atoms with van der Waals surface area (Å²) in [7, 11) is 0. The SMILES string of the molecule is O=C(CCc1cccnc1)NCc1nnc2n1CCN(C(=O)CC1CCCCC1)CC2. The van der Waals surface area contributed by atoms with Crippen LogP contribution in [-0.4, -0.2) is 49.6 Å². The number of pyridine rings is 1. The number of fused-ring (bicyclic) bond motifs is 1. The topological polar surface area (TPSA) is 93.0 Å². The van der Waals surface area contributed by atoms with Crippen LogP contribution in [0.25, 0.3) is 0 Å². The van der Waals surface area contributed by atoms with Crippen molar-refractivity contribution in [3.63, 3.8) is 0 Å². The molecule has 0 spiro atoms. The lowest BCUT2D eigenvalue weighted by Gasteiger charge is -2.25. The number of nitrogens with one attached hydrogen (secondary N) is 1. The van der Waals surface area contributed by atoms with E-state index >= 15 is 0 Å². The van der Waals surface area contributed by atoms with Gasteiger partial charge >= 0.3 is 0 Å². The maximum absolute atomic E-state index is 12.8. The predicted octanol–water partition coefficient (Wildman–Crippen LogP) is 2.28. The molecule has 0 saturated heterocycles. The Labute approximate surface area is 183 Å². The van der Waals surface area contributed by atoms with Crippen LogP contribution in [0.1, 0.15) is 62.2 Å². The molecule has 1 aliphatic heterocycles. The van der Waals surface area contributed by atoms with E-state index in [9.17, 15) is 9.59 Å². The summed E-state index contributed by atoms with van der Waals surface area (Å²) in [6, 6.07) is 3.85. The van der Waals surface area contributed by atoms with Crippen LogP contribution in [0.2, 0.25) is 0 Å². The number of rotatable bonds is 7. The van der Waals surface area contributed by atoms with E-state index in [1.54, 1.807) is 12.4 Å². The van der Waals surface area contributed by atoms with Gasteiger partial charge in [0.15, 0.2) is 5.82 Å². The second kappa shape index (κ2) is 10.5. The number of carbonyl (C=O) groups excluding carboxylic acids is 2. The zero-order valence-corrected chi connectivity index (χ0v) is 18.1. The summed E-state index contributed by atoms with van der Waals surface area (Å²) in [5.41, 5.74) is 1.05. The molecule has 2 aromatic rings. The number of hydrogen-bond donors (Lipinski definition) is 1. The Morgan fingerprint density at radius 2 is 1.97 bits per heavy atom. The van der Waals surface area contributed by atoms with Gasteiger partial charge in [0, 0.05) is 51.3 Å². The molecule has 1 aliphatic carbocycles. The van der Waals surface area contributed by atoms with Crippen molar-refractivity contribution in [1.29, 1.82) is 0 Å². The summed E-state index contributed by atoms with van der Waals surface area (Å²) in [5.74, 6) is 2.47. The lowest BCUT2D eigenvalue weighted by atomic mass is 9.86. The summed E-state index contributed by atoms with van der Waals surface area (Å²) in [4.78, 5) is 31.1. The van der Waals surface area contributed by atoms with Gasteiger partial charge in [0.25, 0.3) is 0 Å². The second-order valence-electron chi connectivity index (χ2n) is 8.66. The van der Waals surface area contributed by atoms with Crippen LogP contribution in [0.4, 0.5) is 0 Å². The van der Waals surface area contributed by atoms with E-state index in [4.69, 9.17) is 0 Å². The molecule has 0 radical (unpaired) electrons. The first-order valence-corrected chi connectivity index (χ1v) is 11.5. The Morgan fingerprint density at radius 3 is 2.77 bits per heavy atom. The fourth-order valence-electron chi connectivity index (χ4n) is 4.60. The predicted molar refractivity (Wildman–Crippen MR) is 116 cm³/mol. The molecule has 0 bridgehead atoms. The Kier molecular flexibility index (Phi) is 7.27. The van der Waals surface area contributed by atoms with Gasteiger partial charge in [-0.3, -0.25) is 14.6 Å². The summed E-state index contributed by atoms with van der Waals surface area (Å²) in [6.45, 7) is 2.41. The number of aryl methyl sites for hydroxylation is 1. The van der Waals surface area contributed by atoms with E-state index in [2.05, 4.69) is 25.1 Å². The number of amides is 2. The third kappa shape index (κ3) is 5.89. The highest BCUT2D eigenvalue weighted by Gasteiger charge is 2.24. The maximum Gasteiger partial charge on any atom is 0.222 e. The molecule has 2 amide bonds. The molecule has 1 N–H and O–H groups in total. The van der Waals surface area contributed by atoms with Gasteiger partial charge < -0.3 is 14.8 Å². The highest BCUT2D eigenvalue weighted by molar-refractivity contribution is 5.76. The Bertz CT molecular complexity index is 875. The fourth-order valence-corrected chi connectivity index (χ4v) is 4.60. The molecule has 0 aromatic carbocycles. The minimum atomic E-state index is -0.0147. The second-order valence-corrected chi connectivity index (χ2v) is 8.66. The summed E-state index contributed by atoms with van der Waals surface area (Å²) in [6.07, 6.45) is 12.2. The van der Waals surface area contributed by atoms with E-state index in [0.717, 1.165) is 17.2 Å². The van der Waals surface area contributed by atoms with Gasteiger partial charge in [-0.1, -0.05) is 25.3 Å². The zero-order valence-electron chi connectivity index (χ0n) is 18.1. The van der Waals surface area contributed by atoms with E-state index in [1.165, 1.54) is 32.1 Å². The normalized spacial score (nSPS) is 17.1. The van der Waals surface area contributed by atoms with Crippen molar-refractivity contribution in [2.75, 3.05) is 13.1 Å². The first-order valence-electron chi connectivity index (χ1n) is 11.5. The standard InChI is InChI=1S/C23H32N6O2/c30-22(9-8-19-7-4-11-24-16-19)25-17-21-27-26-20-10-12-28(13-14-29(20)21)23(31)15-18-5-2-1-3-6-18/h4,7,11,16,18H,1-3,5-6,8-10,12-15,17H2,(H,25,30). The summed E-state index contributed by atoms with van der Waals surface area (Å²) in [5, 5.41) is 11.5. The molecule has 3 heterocycles. The highest BCUT2D eigenvalue weighted by atomic mass is 16.2. The van der Waals surface area contributed by atoms with Crippen molar-refractivity contribution < 1.29 is 9.59 Å². The average molecular weight is 425 g/mol. The van der Waals surface area contributed by atoms with Crippen LogP contribution in [-0.2, 0) is 35.5 Å². The van der Waals surface area contributed by atoms with Gasteiger partial charge in [0.05, 0.1) is 6.54 Å². The summed E-state index contributed by atoms with van der Waals surface area (Å²) < 4.78 is 2.06. The number of carbonyl (C=O) groups is 2. The zero-order chi connectivity index (χ0) is 21.5. The smallest absolute Gasteiger partial charge is 0.222 e.